The number of ketones is 1. The minimum atomic E-state index is -0.0118. The molecule has 3 aromatic rings. The highest BCUT2D eigenvalue weighted by Gasteiger charge is 2.12. The average molecular weight is 396 g/mol. The number of hydrogen-bond donors (Lipinski definition) is 1. The van der Waals surface area contributed by atoms with E-state index in [1.165, 1.54) is 5.56 Å². The van der Waals surface area contributed by atoms with Crippen molar-refractivity contribution in [3.63, 3.8) is 0 Å². The molecular formula is C23H19Cl2NO. The highest BCUT2D eigenvalue weighted by Crippen LogP contribution is 2.24. The van der Waals surface area contributed by atoms with Gasteiger partial charge in [-0.25, -0.2) is 0 Å². The lowest BCUT2D eigenvalue weighted by Gasteiger charge is -2.10. The van der Waals surface area contributed by atoms with E-state index in [1.807, 2.05) is 72.8 Å². The van der Waals surface area contributed by atoms with E-state index in [4.69, 9.17) is 23.2 Å². The largest absolute Gasteiger partial charge is 0.308 e. The molecule has 0 aliphatic heterocycles. The van der Waals surface area contributed by atoms with Gasteiger partial charge in [0.05, 0.1) is 10.0 Å². The molecule has 0 bridgehead atoms. The number of nitrogens with one attached hydrogen (secondary N) is 1. The SMILES string of the molecule is O=C(/C(=C/c1ccc(Cl)c(Cl)c1)CNCc1ccccc1)c1ccccc1. The Bertz CT molecular complexity index is 937. The van der Waals surface area contributed by atoms with E-state index in [-0.39, 0.29) is 5.78 Å². The van der Waals surface area contributed by atoms with Gasteiger partial charge < -0.3 is 5.32 Å². The molecule has 136 valence electrons. The zero-order valence-electron chi connectivity index (χ0n) is 14.7. The number of benzene rings is 3. The van der Waals surface area contributed by atoms with Crippen LogP contribution < -0.4 is 5.32 Å². The maximum atomic E-state index is 13.0. The topological polar surface area (TPSA) is 29.1 Å². The number of rotatable bonds is 7. The van der Waals surface area contributed by atoms with Crippen molar-refractivity contribution in [2.75, 3.05) is 6.54 Å². The van der Waals surface area contributed by atoms with Crippen molar-refractivity contribution < 1.29 is 4.79 Å². The number of hydrogen-bond acceptors (Lipinski definition) is 2. The molecule has 0 aromatic heterocycles. The third kappa shape index (κ3) is 5.54. The predicted molar refractivity (Wildman–Crippen MR) is 113 cm³/mol. The fraction of sp³-hybridized carbons (Fsp3) is 0.0870. The summed E-state index contributed by atoms with van der Waals surface area (Å²) in [6.45, 7) is 1.13. The van der Waals surface area contributed by atoms with Crippen molar-refractivity contribution in [1.82, 2.24) is 5.32 Å². The monoisotopic (exact) mass is 395 g/mol. The van der Waals surface area contributed by atoms with Crippen LogP contribution in [0, 0.1) is 0 Å². The summed E-state index contributed by atoms with van der Waals surface area (Å²) in [7, 11) is 0. The number of halogens is 2. The predicted octanol–water partition coefficient (Wildman–Crippen LogP) is 6.05. The van der Waals surface area contributed by atoms with E-state index < -0.39 is 0 Å². The number of carbonyl (C=O) groups excluding carboxylic acids is 1. The van der Waals surface area contributed by atoms with E-state index in [9.17, 15) is 4.79 Å². The van der Waals surface area contributed by atoms with Gasteiger partial charge >= 0.3 is 0 Å². The molecule has 0 aliphatic carbocycles. The van der Waals surface area contributed by atoms with Crippen LogP contribution in [-0.2, 0) is 6.54 Å². The van der Waals surface area contributed by atoms with Gasteiger partial charge in [0.25, 0.3) is 0 Å². The summed E-state index contributed by atoms with van der Waals surface area (Å²) < 4.78 is 0. The fourth-order valence-electron chi connectivity index (χ4n) is 2.71. The smallest absolute Gasteiger partial charge is 0.190 e. The van der Waals surface area contributed by atoms with Crippen molar-refractivity contribution in [3.8, 4) is 0 Å². The third-order valence-corrected chi connectivity index (χ3v) is 4.84. The lowest BCUT2D eigenvalue weighted by Crippen LogP contribution is -2.21. The molecule has 0 heterocycles. The van der Waals surface area contributed by atoms with Crippen LogP contribution in [0.4, 0.5) is 0 Å². The van der Waals surface area contributed by atoms with Gasteiger partial charge in [0.1, 0.15) is 0 Å². The van der Waals surface area contributed by atoms with Gasteiger partial charge in [0.2, 0.25) is 0 Å². The summed E-state index contributed by atoms with van der Waals surface area (Å²) >= 11 is 12.1. The molecule has 0 fully saturated rings. The standard InChI is InChI=1S/C23H19Cl2NO/c24-21-12-11-18(14-22(21)25)13-20(23(27)19-9-5-2-6-10-19)16-26-15-17-7-3-1-4-8-17/h1-14,26H,15-16H2/b20-13+. The maximum absolute atomic E-state index is 13.0. The van der Waals surface area contributed by atoms with Gasteiger partial charge in [0.15, 0.2) is 5.78 Å². The third-order valence-electron chi connectivity index (χ3n) is 4.10. The summed E-state index contributed by atoms with van der Waals surface area (Å²) in [4.78, 5) is 13.0. The van der Waals surface area contributed by atoms with Crippen molar-refractivity contribution in [2.45, 2.75) is 6.54 Å². The number of carbonyl (C=O) groups is 1. The fourth-order valence-corrected chi connectivity index (χ4v) is 3.02. The molecule has 0 saturated heterocycles. The number of Topliss-reactive ketones (excluding diaryl/α,β-unsaturated/α-hetero) is 1. The molecule has 3 aromatic carbocycles. The minimum absolute atomic E-state index is 0.0118. The van der Waals surface area contributed by atoms with Crippen molar-refractivity contribution in [2.24, 2.45) is 0 Å². The molecule has 4 heteroatoms. The van der Waals surface area contributed by atoms with E-state index in [1.54, 1.807) is 12.1 Å². The summed E-state index contributed by atoms with van der Waals surface area (Å²) in [6, 6.07) is 24.7. The molecule has 0 radical (unpaired) electrons. The van der Waals surface area contributed by atoms with Gasteiger partial charge in [-0.1, -0.05) is 89.9 Å². The Hall–Kier alpha value is -2.39. The molecule has 0 atom stereocenters. The summed E-state index contributed by atoms with van der Waals surface area (Å²) in [6.07, 6.45) is 1.86. The quantitative estimate of drug-likeness (QED) is 0.389. The molecule has 0 saturated carbocycles. The van der Waals surface area contributed by atoms with Crippen LogP contribution in [0.2, 0.25) is 10.0 Å². The first-order chi connectivity index (χ1) is 13.1. The Kier molecular flexibility index (Phi) is 6.83. The van der Waals surface area contributed by atoms with Crippen LogP contribution in [0.25, 0.3) is 6.08 Å². The zero-order chi connectivity index (χ0) is 19.1. The molecule has 0 unspecified atom stereocenters. The lowest BCUT2D eigenvalue weighted by molar-refractivity contribution is 0.103. The molecule has 0 amide bonds. The van der Waals surface area contributed by atoms with E-state index in [2.05, 4.69) is 5.32 Å². The Morgan fingerprint density at radius 2 is 1.52 bits per heavy atom. The molecule has 3 rings (SSSR count). The van der Waals surface area contributed by atoms with E-state index >= 15 is 0 Å². The Labute approximate surface area is 169 Å². The van der Waals surface area contributed by atoms with Crippen LogP contribution in [0.15, 0.2) is 84.4 Å². The summed E-state index contributed by atoms with van der Waals surface area (Å²) in [5.74, 6) is -0.0118. The van der Waals surface area contributed by atoms with Crippen LogP contribution in [0.5, 0.6) is 0 Å². The average Bonchev–Trinajstić information content (AvgIpc) is 2.71. The maximum Gasteiger partial charge on any atom is 0.190 e. The Morgan fingerprint density at radius 1 is 0.852 bits per heavy atom. The van der Waals surface area contributed by atoms with Crippen molar-refractivity contribution in [3.05, 3.63) is 111 Å². The molecule has 2 nitrogen and oxygen atoms in total. The summed E-state index contributed by atoms with van der Waals surface area (Å²) in [5.41, 5.74) is 3.32. The first kappa shape index (κ1) is 19.4. The lowest BCUT2D eigenvalue weighted by atomic mass is 10.0. The van der Waals surface area contributed by atoms with Crippen LogP contribution in [-0.4, -0.2) is 12.3 Å². The van der Waals surface area contributed by atoms with Gasteiger partial charge in [0, 0.05) is 24.2 Å². The van der Waals surface area contributed by atoms with Crippen LogP contribution in [0.3, 0.4) is 0 Å². The Morgan fingerprint density at radius 3 is 2.19 bits per heavy atom. The van der Waals surface area contributed by atoms with Gasteiger partial charge in [-0.15, -0.1) is 0 Å². The molecule has 0 aliphatic rings. The minimum Gasteiger partial charge on any atom is -0.308 e. The van der Waals surface area contributed by atoms with Gasteiger partial charge in [-0.05, 0) is 29.3 Å². The molecule has 0 spiro atoms. The van der Waals surface area contributed by atoms with E-state index in [0.29, 0.717) is 34.3 Å². The van der Waals surface area contributed by atoms with Gasteiger partial charge in [-0.3, -0.25) is 4.79 Å². The normalized spacial score (nSPS) is 11.4. The Balaban J connectivity index is 1.82. The van der Waals surface area contributed by atoms with Crippen molar-refractivity contribution in [1.29, 1.82) is 0 Å². The second-order valence-corrected chi connectivity index (χ2v) is 6.94. The zero-order valence-corrected chi connectivity index (χ0v) is 16.2. The molecule has 1 N–H and O–H groups in total. The van der Waals surface area contributed by atoms with Crippen LogP contribution >= 0.6 is 23.2 Å². The highest BCUT2D eigenvalue weighted by atomic mass is 35.5. The highest BCUT2D eigenvalue weighted by molar-refractivity contribution is 6.42. The van der Waals surface area contributed by atoms with Gasteiger partial charge in [-0.2, -0.15) is 0 Å². The second-order valence-electron chi connectivity index (χ2n) is 6.13. The first-order valence-electron chi connectivity index (χ1n) is 8.63. The molecule has 27 heavy (non-hydrogen) atoms. The second kappa shape index (κ2) is 9.52. The first-order valence-corrected chi connectivity index (χ1v) is 9.39. The van der Waals surface area contributed by atoms with Crippen LogP contribution in [0.1, 0.15) is 21.5 Å². The van der Waals surface area contributed by atoms with Crippen molar-refractivity contribution >= 4 is 35.1 Å². The van der Waals surface area contributed by atoms with E-state index in [0.717, 1.165) is 5.56 Å². The molecular weight excluding hydrogens is 377 g/mol. The summed E-state index contributed by atoms with van der Waals surface area (Å²) in [5, 5.41) is 4.31.